The molecule has 1 N–H and O–H groups in total. The number of anilines is 1. The maximum atomic E-state index is 12.5. The topological polar surface area (TPSA) is 81.9 Å². The van der Waals surface area contributed by atoms with E-state index in [4.69, 9.17) is 16.3 Å². The molecule has 3 rings (SSSR count). The summed E-state index contributed by atoms with van der Waals surface area (Å²) in [6.07, 6.45) is 1.50. The second-order valence-electron chi connectivity index (χ2n) is 5.82. The standard InChI is InChI=1S/C17H16ClN5O2/c1-17(2,25-15-9-3-12(18)4-10-15)16(24)20-13-5-7-14(8-6-13)23-11-19-21-22-23/h3-11H,1-2H3,(H,20,24). The Morgan fingerprint density at radius 2 is 1.80 bits per heavy atom. The van der Waals surface area contributed by atoms with E-state index >= 15 is 0 Å². The summed E-state index contributed by atoms with van der Waals surface area (Å²) in [4.78, 5) is 12.5. The van der Waals surface area contributed by atoms with Crippen molar-refractivity contribution in [1.29, 1.82) is 0 Å². The SMILES string of the molecule is CC(C)(Oc1ccc(Cl)cc1)C(=O)Nc1ccc(-n2cnnn2)cc1. The summed E-state index contributed by atoms with van der Waals surface area (Å²) in [6, 6.07) is 14.0. The lowest BCUT2D eigenvalue weighted by atomic mass is 10.1. The van der Waals surface area contributed by atoms with Crippen LogP contribution in [0.3, 0.4) is 0 Å². The Balaban J connectivity index is 1.67. The quantitative estimate of drug-likeness (QED) is 0.758. The molecule has 0 saturated heterocycles. The molecule has 1 aromatic heterocycles. The highest BCUT2D eigenvalue weighted by molar-refractivity contribution is 6.30. The van der Waals surface area contributed by atoms with Crippen LogP contribution in [0, 0.1) is 0 Å². The Morgan fingerprint density at radius 3 is 2.40 bits per heavy atom. The van der Waals surface area contributed by atoms with Crippen molar-refractivity contribution in [2.75, 3.05) is 5.32 Å². The number of ether oxygens (including phenoxy) is 1. The van der Waals surface area contributed by atoms with Gasteiger partial charge in [-0.3, -0.25) is 4.79 Å². The van der Waals surface area contributed by atoms with Crippen LogP contribution >= 0.6 is 11.6 Å². The molecule has 0 atom stereocenters. The molecule has 0 aliphatic rings. The number of nitrogens with zero attached hydrogens (tertiary/aromatic N) is 4. The summed E-state index contributed by atoms with van der Waals surface area (Å²) in [5.74, 6) is 0.302. The van der Waals surface area contributed by atoms with Crippen LogP contribution < -0.4 is 10.1 Å². The molecule has 0 radical (unpaired) electrons. The van der Waals surface area contributed by atoms with Gasteiger partial charge in [0.15, 0.2) is 5.60 Å². The fourth-order valence-corrected chi connectivity index (χ4v) is 2.23. The first-order valence-electron chi connectivity index (χ1n) is 7.53. The molecule has 0 fully saturated rings. The maximum absolute atomic E-state index is 12.5. The van der Waals surface area contributed by atoms with Gasteiger partial charge in [0.1, 0.15) is 12.1 Å². The highest BCUT2D eigenvalue weighted by Gasteiger charge is 2.30. The van der Waals surface area contributed by atoms with Gasteiger partial charge in [-0.25, -0.2) is 4.68 Å². The van der Waals surface area contributed by atoms with Crippen molar-refractivity contribution in [2.24, 2.45) is 0 Å². The number of rotatable bonds is 5. The average molecular weight is 358 g/mol. The predicted octanol–water partition coefficient (Wildman–Crippen LogP) is 3.11. The lowest BCUT2D eigenvalue weighted by Crippen LogP contribution is -2.42. The molecule has 25 heavy (non-hydrogen) atoms. The van der Waals surface area contributed by atoms with Crippen LogP contribution in [0.5, 0.6) is 5.75 Å². The van der Waals surface area contributed by atoms with Gasteiger partial charge in [-0.1, -0.05) is 11.6 Å². The summed E-state index contributed by atoms with van der Waals surface area (Å²) < 4.78 is 7.30. The third-order valence-corrected chi connectivity index (χ3v) is 3.72. The minimum Gasteiger partial charge on any atom is -0.478 e. The molecule has 0 unspecified atom stereocenters. The lowest BCUT2D eigenvalue weighted by molar-refractivity contribution is -0.128. The van der Waals surface area contributed by atoms with Crippen LogP contribution in [-0.2, 0) is 4.79 Å². The van der Waals surface area contributed by atoms with E-state index < -0.39 is 5.60 Å². The zero-order chi connectivity index (χ0) is 17.9. The number of amides is 1. The molecule has 0 aliphatic carbocycles. The Kier molecular flexibility index (Phi) is 4.67. The molecule has 8 heteroatoms. The fourth-order valence-electron chi connectivity index (χ4n) is 2.10. The van der Waals surface area contributed by atoms with E-state index in [1.807, 2.05) is 0 Å². The van der Waals surface area contributed by atoms with Gasteiger partial charge in [0.05, 0.1) is 5.69 Å². The predicted molar refractivity (Wildman–Crippen MR) is 93.9 cm³/mol. The van der Waals surface area contributed by atoms with Crippen molar-refractivity contribution in [3.05, 3.63) is 59.9 Å². The first kappa shape index (κ1) is 16.9. The van der Waals surface area contributed by atoms with E-state index in [-0.39, 0.29) is 5.91 Å². The molecule has 0 bridgehead atoms. The van der Waals surface area contributed by atoms with E-state index in [0.717, 1.165) is 5.69 Å². The first-order valence-corrected chi connectivity index (χ1v) is 7.91. The van der Waals surface area contributed by atoms with Crippen LogP contribution in [-0.4, -0.2) is 31.7 Å². The fraction of sp³-hybridized carbons (Fsp3) is 0.176. The van der Waals surface area contributed by atoms with Crippen LogP contribution in [0.1, 0.15) is 13.8 Å². The van der Waals surface area contributed by atoms with Gasteiger partial charge in [-0.2, -0.15) is 0 Å². The van der Waals surface area contributed by atoms with Gasteiger partial charge in [-0.15, -0.1) is 5.10 Å². The van der Waals surface area contributed by atoms with Crippen molar-refractivity contribution < 1.29 is 9.53 Å². The van der Waals surface area contributed by atoms with E-state index in [1.165, 1.54) is 11.0 Å². The Labute approximate surface area is 149 Å². The normalized spacial score (nSPS) is 11.2. The number of hydrogen-bond acceptors (Lipinski definition) is 5. The van der Waals surface area contributed by atoms with Crippen LogP contribution in [0.4, 0.5) is 5.69 Å². The molecule has 2 aromatic carbocycles. The molecule has 1 amide bonds. The highest BCUT2D eigenvalue weighted by atomic mass is 35.5. The highest BCUT2D eigenvalue weighted by Crippen LogP contribution is 2.22. The van der Waals surface area contributed by atoms with Crippen molar-refractivity contribution in [2.45, 2.75) is 19.4 Å². The van der Waals surface area contributed by atoms with E-state index in [1.54, 1.807) is 62.4 Å². The van der Waals surface area contributed by atoms with Gasteiger partial charge in [0.2, 0.25) is 0 Å². The molecule has 7 nitrogen and oxygen atoms in total. The maximum Gasteiger partial charge on any atom is 0.267 e. The summed E-state index contributed by atoms with van der Waals surface area (Å²) >= 11 is 5.85. The first-order chi connectivity index (χ1) is 11.9. The molecule has 0 spiro atoms. The average Bonchev–Trinajstić information content (AvgIpc) is 3.12. The second-order valence-corrected chi connectivity index (χ2v) is 6.26. The van der Waals surface area contributed by atoms with Crippen LogP contribution in [0.25, 0.3) is 5.69 Å². The minimum absolute atomic E-state index is 0.266. The lowest BCUT2D eigenvalue weighted by Gasteiger charge is -2.25. The minimum atomic E-state index is -1.05. The third-order valence-electron chi connectivity index (χ3n) is 3.47. The van der Waals surface area contributed by atoms with E-state index in [0.29, 0.717) is 16.5 Å². The van der Waals surface area contributed by atoms with Crippen molar-refractivity contribution >= 4 is 23.2 Å². The summed E-state index contributed by atoms with van der Waals surface area (Å²) in [7, 11) is 0. The number of carbonyl (C=O) groups is 1. The van der Waals surface area contributed by atoms with Gasteiger partial charge in [0.25, 0.3) is 5.91 Å². The van der Waals surface area contributed by atoms with Crippen LogP contribution in [0.15, 0.2) is 54.9 Å². The molecule has 128 valence electrons. The zero-order valence-electron chi connectivity index (χ0n) is 13.7. The smallest absolute Gasteiger partial charge is 0.267 e. The largest absolute Gasteiger partial charge is 0.478 e. The number of halogens is 1. The Bertz CT molecular complexity index is 846. The number of aromatic nitrogens is 4. The van der Waals surface area contributed by atoms with Crippen molar-refractivity contribution in [3.8, 4) is 11.4 Å². The van der Waals surface area contributed by atoms with Gasteiger partial charge < -0.3 is 10.1 Å². The summed E-state index contributed by atoms with van der Waals surface area (Å²) in [5, 5.41) is 14.4. The number of nitrogens with one attached hydrogen (secondary N) is 1. The molecular weight excluding hydrogens is 342 g/mol. The third kappa shape index (κ3) is 4.13. The Hall–Kier alpha value is -2.93. The van der Waals surface area contributed by atoms with Gasteiger partial charge >= 0.3 is 0 Å². The van der Waals surface area contributed by atoms with E-state index in [2.05, 4.69) is 20.8 Å². The van der Waals surface area contributed by atoms with Crippen molar-refractivity contribution in [3.63, 3.8) is 0 Å². The summed E-state index contributed by atoms with van der Waals surface area (Å²) in [5.41, 5.74) is 0.386. The molecule has 1 heterocycles. The van der Waals surface area contributed by atoms with Gasteiger partial charge in [-0.05, 0) is 72.8 Å². The number of carbonyl (C=O) groups excluding carboxylic acids is 1. The molecule has 3 aromatic rings. The zero-order valence-corrected chi connectivity index (χ0v) is 14.4. The monoisotopic (exact) mass is 357 g/mol. The Morgan fingerprint density at radius 1 is 1.12 bits per heavy atom. The summed E-state index contributed by atoms with van der Waals surface area (Å²) in [6.45, 7) is 3.40. The number of tetrazole rings is 1. The molecule has 0 aliphatic heterocycles. The molecular formula is C17H16ClN5O2. The van der Waals surface area contributed by atoms with Gasteiger partial charge in [0, 0.05) is 10.7 Å². The number of hydrogen-bond donors (Lipinski definition) is 1. The molecule has 0 saturated carbocycles. The van der Waals surface area contributed by atoms with Crippen LogP contribution in [0.2, 0.25) is 5.02 Å². The number of benzene rings is 2. The van der Waals surface area contributed by atoms with Crippen molar-refractivity contribution in [1.82, 2.24) is 20.2 Å². The van der Waals surface area contributed by atoms with E-state index in [9.17, 15) is 4.79 Å². The second kappa shape index (κ2) is 6.90.